The van der Waals surface area contributed by atoms with Crippen molar-refractivity contribution >= 4 is 34.2 Å². The topological polar surface area (TPSA) is 32.9 Å². The summed E-state index contributed by atoms with van der Waals surface area (Å²) in [6, 6.07) is 0.880. The number of hydrogen-bond donors (Lipinski definition) is 1. The highest BCUT2D eigenvalue weighted by Gasteiger charge is 2.12. The zero-order valence-corrected chi connectivity index (χ0v) is 9.20. The van der Waals surface area contributed by atoms with Gasteiger partial charge in [0.15, 0.2) is 5.43 Å². The molecule has 0 saturated heterocycles. The molecule has 0 saturated carbocycles. The summed E-state index contributed by atoms with van der Waals surface area (Å²) in [4.78, 5) is 13.6. The minimum absolute atomic E-state index is 0.0249. The minimum atomic E-state index is -2.66. The lowest BCUT2D eigenvalue weighted by molar-refractivity contribution is 0.145. The van der Waals surface area contributed by atoms with E-state index in [0.29, 0.717) is 9.26 Å². The average molecular weight is 319 g/mol. The highest BCUT2D eigenvalue weighted by Crippen LogP contribution is 2.17. The Kier molecular flexibility index (Phi) is 3.66. The molecular weight excluding hydrogens is 314 g/mol. The van der Waals surface area contributed by atoms with Gasteiger partial charge >= 0.3 is 0 Å². The summed E-state index contributed by atoms with van der Waals surface area (Å²) >= 11 is 7.23. The number of halogens is 4. The van der Waals surface area contributed by atoms with Crippen molar-refractivity contribution in [3.8, 4) is 0 Å². The molecule has 0 unspecified atom stereocenters. The summed E-state index contributed by atoms with van der Waals surface area (Å²) in [6.45, 7) is 0. The van der Waals surface area contributed by atoms with Gasteiger partial charge in [0, 0.05) is 11.6 Å². The fraction of sp³-hybridized carbons (Fsp3) is 0.286. The molecule has 0 aliphatic rings. The number of aromatic amines is 1. The Morgan fingerprint density at radius 2 is 2.23 bits per heavy atom. The van der Waals surface area contributed by atoms with Gasteiger partial charge in [-0.05, 0) is 22.6 Å². The molecule has 2 nitrogen and oxygen atoms in total. The summed E-state index contributed by atoms with van der Waals surface area (Å²) in [5.74, 6) is 0.0249. The molecule has 0 spiro atoms. The molecule has 0 aliphatic carbocycles. The van der Waals surface area contributed by atoms with Crippen LogP contribution in [0, 0.1) is 3.70 Å². The Bertz CT molecular complexity index is 366. The molecule has 0 radical (unpaired) electrons. The monoisotopic (exact) mass is 319 g/mol. The number of rotatable bonds is 2. The van der Waals surface area contributed by atoms with Crippen LogP contribution < -0.4 is 5.43 Å². The zero-order chi connectivity index (χ0) is 10.0. The van der Waals surface area contributed by atoms with Crippen LogP contribution in [0.3, 0.4) is 0 Å². The Labute approximate surface area is 91.4 Å². The number of hydrogen-bond acceptors (Lipinski definition) is 1. The van der Waals surface area contributed by atoms with E-state index in [4.69, 9.17) is 11.6 Å². The molecule has 6 heteroatoms. The van der Waals surface area contributed by atoms with Gasteiger partial charge in [-0.3, -0.25) is 4.79 Å². The van der Waals surface area contributed by atoms with Crippen molar-refractivity contribution in [1.29, 1.82) is 0 Å². The number of aromatic nitrogens is 1. The number of H-pyrrole nitrogens is 1. The second-order valence-electron chi connectivity index (χ2n) is 2.32. The van der Waals surface area contributed by atoms with Crippen molar-refractivity contribution in [2.24, 2.45) is 0 Å². The highest BCUT2D eigenvalue weighted by molar-refractivity contribution is 14.1. The first-order valence-corrected chi connectivity index (χ1v) is 4.93. The van der Waals surface area contributed by atoms with Gasteiger partial charge in [0.05, 0.1) is 15.3 Å². The van der Waals surface area contributed by atoms with Crippen LogP contribution in [0.25, 0.3) is 0 Å². The van der Waals surface area contributed by atoms with Crippen LogP contribution in [0.15, 0.2) is 10.9 Å². The van der Waals surface area contributed by atoms with E-state index in [1.807, 2.05) is 0 Å². The van der Waals surface area contributed by atoms with Gasteiger partial charge in [-0.1, -0.05) is 0 Å². The Balaban J connectivity index is 3.29. The maximum Gasteiger partial charge on any atom is 0.278 e. The first kappa shape index (κ1) is 10.9. The van der Waals surface area contributed by atoms with Crippen molar-refractivity contribution in [2.45, 2.75) is 12.3 Å². The van der Waals surface area contributed by atoms with E-state index in [2.05, 4.69) is 4.98 Å². The van der Waals surface area contributed by atoms with Crippen LogP contribution in [-0.4, -0.2) is 4.98 Å². The third kappa shape index (κ3) is 2.40. The van der Waals surface area contributed by atoms with E-state index in [9.17, 15) is 13.6 Å². The first-order chi connectivity index (χ1) is 6.06. The van der Waals surface area contributed by atoms with Crippen molar-refractivity contribution in [1.82, 2.24) is 4.98 Å². The Morgan fingerprint density at radius 3 is 2.62 bits per heavy atom. The molecule has 0 fully saturated rings. The fourth-order valence-corrected chi connectivity index (χ4v) is 2.08. The van der Waals surface area contributed by atoms with Crippen LogP contribution in [0.4, 0.5) is 8.78 Å². The molecule has 1 rings (SSSR count). The maximum absolute atomic E-state index is 12.2. The lowest BCUT2D eigenvalue weighted by Gasteiger charge is -2.03. The average Bonchev–Trinajstić information content (AvgIpc) is 2.03. The molecule has 1 aromatic rings. The molecule has 0 bridgehead atoms. The second-order valence-corrected chi connectivity index (χ2v) is 3.66. The van der Waals surface area contributed by atoms with Gasteiger partial charge < -0.3 is 4.98 Å². The van der Waals surface area contributed by atoms with Gasteiger partial charge in [0.2, 0.25) is 0 Å². The van der Waals surface area contributed by atoms with Crippen LogP contribution in [0.5, 0.6) is 0 Å². The van der Waals surface area contributed by atoms with Crippen LogP contribution in [0.2, 0.25) is 0 Å². The van der Waals surface area contributed by atoms with Crippen LogP contribution in [0.1, 0.15) is 17.7 Å². The molecule has 0 atom stereocenters. The predicted octanol–water partition coefficient (Wildman–Crippen LogP) is 2.66. The normalized spacial score (nSPS) is 10.8. The predicted molar refractivity (Wildman–Crippen MR) is 54.3 cm³/mol. The minimum Gasteiger partial charge on any atom is -0.349 e. The fourth-order valence-electron chi connectivity index (χ4n) is 0.817. The largest absolute Gasteiger partial charge is 0.349 e. The Morgan fingerprint density at radius 1 is 1.62 bits per heavy atom. The zero-order valence-electron chi connectivity index (χ0n) is 6.28. The standard InChI is InChI=1S/C7H5ClF2INO/c8-2-3-5(13)1-4(6(9)10)12-7(3)11/h1,6H,2H2,(H,12,13). The van der Waals surface area contributed by atoms with Crippen LogP contribution in [-0.2, 0) is 5.88 Å². The summed E-state index contributed by atoms with van der Waals surface area (Å²) in [5.41, 5.74) is -0.497. The quantitative estimate of drug-likeness (QED) is 0.507. The maximum atomic E-state index is 12.2. The molecule has 0 aliphatic heterocycles. The van der Waals surface area contributed by atoms with Crippen molar-refractivity contribution in [3.05, 3.63) is 31.2 Å². The van der Waals surface area contributed by atoms with Crippen molar-refractivity contribution in [3.63, 3.8) is 0 Å². The molecule has 1 aromatic heterocycles. The summed E-state index contributed by atoms with van der Waals surface area (Å²) in [6.07, 6.45) is -2.66. The van der Waals surface area contributed by atoms with Gasteiger partial charge in [0.25, 0.3) is 6.43 Å². The van der Waals surface area contributed by atoms with E-state index in [1.165, 1.54) is 0 Å². The third-order valence-corrected chi connectivity index (χ3v) is 2.66. The molecule has 0 amide bonds. The molecular formula is C7H5ClF2INO. The van der Waals surface area contributed by atoms with E-state index in [1.54, 1.807) is 22.6 Å². The SMILES string of the molecule is O=c1cc(C(F)F)[nH]c(I)c1CCl. The van der Waals surface area contributed by atoms with Gasteiger partial charge in [-0.2, -0.15) is 0 Å². The molecule has 0 aromatic carbocycles. The third-order valence-electron chi connectivity index (χ3n) is 1.47. The summed E-state index contributed by atoms with van der Waals surface area (Å²) in [7, 11) is 0. The smallest absolute Gasteiger partial charge is 0.278 e. The van der Waals surface area contributed by atoms with Gasteiger partial charge in [0.1, 0.15) is 0 Å². The number of pyridine rings is 1. The lowest BCUT2D eigenvalue weighted by atomic mass is 10.2. The van der Waals surface area contributed by atoms with Gasteiger partial charge in [-0.25, -0.2) is 8.78 Å². The van der Waals surface area contributed by atoms with Gasteiger partial charge in [-0.15, -0.1) is 11.6 Å². The van der Waals surface area contributed by atoms with Crippen molar-refractivity contribution in [2.75, 3.05) is 0 Å². The number of nitrogens with one attached hydrogen (secondary N) is 1. The Hall–Kier alpha value is -0.170. The van der Waals surface area contributed by atoms with E-state index >= 15 is 0 Å². The highest BCUT2D eigenvalue weighted by atomic mass is 127. The molecule has 13 heavy (non-hydrogen) atoms. The number of alkyl halides is 3. The molecule has 1 heterocycles. The van der Waals surface area contributed by atoms with E-state index in [0.717, 1.165) is 6.07 Å². The first-order valence-electron chi connectivity index (χ1n) is 3.32. The summed E-state index contributed by atoms with van der Waals surface area (Å²) < 4.78 is 24.7. The second kappa shape index (κ2) is 4.36. The molecule has 1 N–H and O–H groups in total. The molecule has 72 valence electrons. The van der Waals surface area contributed by atoms with E-state index in [-0.39, 0.29) is 11.6 Å². The van der Waals surface area contributed by atoms with Crippen molar-refractivity contribution < 1.29 is 8.78 Å². The lowest BCUT2D eigenvalue weighted by Crippen LogP contribution is -2.12. The van der Waals surface area contributed by atoms with E-state index < -0.39 is 11.9 Å². The summed E-state index contributed by atoms with van der Waals surface area (Å²) in [5, 5.41) is 0. The van der Waals surface area contributed by atoms with Crippen LogP contribution >= 0.6 is 34.2 Å².